The molecule has 4 aromatic rings. The minimum Gasteiger partial charge on any atom is -0.530 e. The number of piperidine rings is 1. The van der Waals surface area contributed by atoms with Crippen LogP contribution in [0.25, 0.3) is 22.6 Å². The van der Waals surface area contributed by atoms with Crippen LogP contribution in [0.5, 0.6) is 17.2 Å². The molecule has 9 amide bonds. The number of carbonyl (C=O) groups excluding carboxylic acids is 12. The van der Waals surface area contributed by atoms with Gasteiger partial charge in [-0.2, -0.15) is 0 Å². The average molecular weight is 2130 g/mol. The molecule has 47 heteroatoms. The Balaban J connectivity index is 0.000000387. The molecule has 820 valence electrons. The molecule has 45 nitrogen and oxygen atoms in total. The van der Waals surface area contributed by atoms with Crippen molar-refractivity contribution in [3.05, 3.63) is 120 Å². The van der Waals surface area contributed by atoms with Crippen molar-refractivity contribution in [3.63, 3.8) is 0 Å². The minimum absolute atomic E-state index is 0. The maximum absolute atomic E-state index is 14.7. The Morgan fingerprint density at radius 2 is 1.36 bits per heavy atom. The second kappa shape index (κ2) is 57.1. The molecule has 29 atom stereocenters. The van der Waals surface area contributed by atoms with Crippen molar-refractivity contribution in [1.82, 2.24) is 46.4 Å². The number of allylic oxidation sites excluding steroid dienone is 4. The van der Waals surface area contributed by atoms with Gasteiger partial charge in [0, 0.05) is 107 Å². The monoisotopic (exact) mass is 2120 g/mol. The van der Waals surface area contributed by atoms with Crippen LogP contribution >= 0.6 is 0 Å². The fourth-order valence-electron chi connectivity index (χ4n) is 20.1. The van der Waals surface area contributed by atoms with Crippen molar-refractivity contribution in [2.75, 3.05) is 54.2 Å². The number of ketones is 3. The predicted molar refractivity (Wildman–Crippen MR) is 527 cm³/mol. The summed E-state index contributed by atoms with van der Waals surface area (Å²) in [4.78, 5) is 172. The van der Waals surface area contributed by atoms with Gasteiger partial charge in [0.2, 0.25) is 47.1 Å². The molecule has 5 saturated heterocycles. The van der Waals surface area contributed by atoms with Gasteiger partial charge in [0.25, 0.3) is 17.6 Å². The van der Waals surface area contributed by atoms with E-state index in [9.17, 15) is 127 Å². The summed E-state index contributed by atoms with van der Waals surface area (Å²) < 4.78 is 68.6. The molecule has 0 spiro atoms. The molecular formula is C102H145N10NaO35S. The standard InChI is InChI=1S/C56H70N9O22S.C46H73NO12.Na.H2O/c1-4-5-6-17-85-32-14-11-28(12-15-32)39-21-33(63-86-39)27-7-9-29(10-8-27)49(75)58-34-20-38(70)52(78)62-54(80)45-46(72)25(2)23-65(45)56(82)43(37(69)22-41(57)71)60-53(79)44(48(74)47(73)30-13-16-36(68)40(18-30)87-88(83)84)61-51(77)35-19-31(67)24-64(35)55(81)42(26(3)66)59-50(34)76;1-10-13-33-21-28(3)20-27(2)15-18-39(55-7)43-41(57-9)23-30(5)46(54,59-43)44(52)45(53)47-19-12-11-14-34(47)38(51)26-58-42(31(6)36(49)25-37(33)50)29(4)22-32-16-17-35(48)40(24-32)56-8;;/h7-16,18,21,25-26,31,34-35,37-38,42-48,52,66-70,72-74,78H,4-6,17,19-20,22-24H2,1-3H3,(H2,57,71)(H,58,75)(H,59,76)(H,60,79)(H,61,77)(H,62,80);10,21-22,27,30-36,39-43,48-49,54H,1,11-20,23-26H2,2-9H3;;1H2/q-1;;+1;/b;28-21+,29-22+;;. The van der Waals surface area contributed by atoms with Gasteiger partial charge in [-0.05, 0) is 169 Å². The second-order valence-corrected chi connectivity index (χ2v) is 40.2. The zero-order chi connectivity index (χ0) is 108. The van der Waals surface area contributed by atoms with Crippen LogP contribution in [0.2, 0.25) is 0 Å². The number of unbranched alkanes of at least 4 members (excludes halogenated alkanes) is 2. The summed E-state index contributed by atoms with van der Waals surface area (Å²) in [6, 6.07) is 3.06. The summed E-state index contributed by atoms with van der Waals surface area (Å²) in [6.07, 6.45) is -10.2. The van der Waals surface area contributed by atoms with Gasteiger partial charge in [-0.15, -0.1) is 6.58 Å². The average Bonchev–Trinajstić information content (AvgIpc) is 1.74. The van der Waals surface area contributed by atoms with Gasteiger partial charge in [-0.3, -0.25) is 57.5 Å². The number of amides is 9. The Labute approximate surface area is 887 Å². The summed E-state index contributed by atoms with van der Waals surface area (Å²) in [5.41, 5.74) is 8.09. The Morgan fingerprint density at radius 1 is 0.705 bits per heavy atom. The maximum Gasteiger partial charge on any atom is 1.00 e. The molecule has 21 N–H and O–H groups in total. The Kier molecular flexibility index (Phi) is 47.6. The van der Waals surface area contributed by atoms with Crippen molar-refractivity contribution in [2.45, 2.75) is 311 Å². The number of rotatable bonds is 25. The van der Waals surface area contributed by atoms with Crippen LogP contribution in [0.15, 0.2) is 113 Å². The smallest absolute Gasteiger partial charge is 0.530 e. The number of phenols is 1. The molecule has 3 aromatic carbocycles. The van der Waals surface area contributed by atoms with Crippen molar-refractivity contribution >= 4 is 81.5 Å². The number of aromatic nitrogens is 1. The van der Waals surface area contributed by atoms with Crippen molar-refractivity contribution < 1.29 is 199 Å². The number of nitrogens with zero attached hydrogens (tertiary/aromatic N) is 4. The summed E-state index contributed by atoms with van der Waals surface area (Å²) >= 11 is 0. The summed E-state index contributed by atoms with van der Waals surface area (Å²) in [5.74, 6) is -19.1. The number of aliphatic hydroxyl groups is 11. The van der Waals surface area contributed by atoms with E-state index in [1.54, 1.807) is 64.5 Å². The van der Waals surface area contributed by atoms with E-state index in [0.29, 0.717) is 115 Å². The molecule has 11 rings (SSSR count). The van der Waals surface area contributed by atoms with Crippen LogP contribution in [0, 0.1) is 35.5 Å². The number of fused-ring (bicyclic) bond motifs is 5. The number of hydrogen-bond acceptors (Lipinski definition) is 36. The molecule has 6 fully saturated rings. The zero-order valence-corrected chi connectivity index (χ0v) is 88.7. The van der Waals surface area contributed by atoms with Crippen molar-refractivity contribution in [2.24, 2.45) is 41.2 Å². The van der Waals surface area contributed by atoms with Gasteiger partial charge in [0.1, 0.15) is 101 Å². The normalized spacial score (nSPS) is 31.7. The van der Waals surface area contributed by atoms with Crippen molar-refractivity contribution in [1.29, 1.82) is 0 Å². The number of Topliss-reactive ketones (excluding diaryl/α,β-unsaturated/α-hetero) is 3. The molecule has 1 aromatic heterocycles. The number of nitrogens with one attached hydrogen (secondary N) is 5. The number of benzene rings is 3. The third-order valence-corrected chi connectivity index (χ3v) is 28.9. The van der Waals surface area contributed by atoms with Gasteiger partial charge in [-0.1, -0.05) is 94.6 Å². The quantitative estimate of drug-likeness (QED) is 0.0110. The van der Waals surface area contributed by atoms with Gasteiger partial charge in [0.05, 0.1) is 80.1 Å². The van der Waals surface area contributed by atoms with Crippen LogP contribution in [0.1, 0.15) is 193 Å². The Morgan fingerprint density at radius 3 is 2.01 bits per heavy atom. The molecule has 149 heavy (non-hydrogen) atoms. The molecule has 7 heterocycles. The second-order valence-electron chi connectivity index (χ2n) is 39.7. The Bertz CT molecular complexity index is 5370. The first-order valence-electron chi connectivity index (χ1n) is 49.8. The molecule has 7 aliphatic rings. The molecule has 1 saturated carbocycles. The van der Waals surface area contributed by atoms with E-state index in [1.165, 1.54) is 43.2 Å². The molecule has 0 radical (unpaired) electrons. The summed E-state index contributed by atoms with van der Waals surface area (Å²) in [7, 11) is 1.35. The maximum atomic E-state index is 14.7. The van der Waals surface area contributed by atoms with E-state index >= 15 is 0 Å². The van der Waals surface area contributed by atoms with Crippen molar-refractivity contribution in [3.8, 4) is 39.8 Å². The number of ether oxygens (including phenoxy) is 6. The third-order valence-electron chi connectivity index (χ3n) is 28.6. The van der Waals surface area contributed by atoms with E-state index in [4.69, 9.17) is 38.7 Å². The molecule has 2 bridgehead atoms. The van der Waals surface area contributed by atoms with E-state index in [0.717, 1.165) is 49.5 Å². The van der Waals surface area contributed by atoms with Crippen LogP contribution in [-0.4, -0.2) is 345 Å². The fraction of sp³-hybridized carbons (Fsp3) is 0.618. The zero-order valence-electron chi connectivity index (χ0n) is 85.9. The largest absolute Gasteiger partial charge is 1.00 e. The van der Waals surface area contributed by atoms with Crippen LogP contribution in [0.4, 0.5) is 0 Å². The number of aliphatic hydroxyl groups excluding tert-OH is 10. The topological polar surface area (TPSA) is 700 Å². The number of phenolic OH excluding ortho intramolecular Hbond substituents is 1. The number of primary amides is 1. The van der Waals surface area contributed by atoms with E-state index in [-0.39, 0.29) is 83.7 Å². The van der Waals surface area contributed by atoms with Gasteiger partial charge in [0.15, 0.2) is 23.5 Å². The van der Waals surface area contributed by atoms with Gasteiger partial charge in [-0.25, -0.2) is 0 Å². The summed E-state index contributed by atoms with van der Waals surface area (Å²) in [5, 5.41) is 150. The minimum atomic E-state index is -3.31. The first-order valence-corrected chi connectivity index (χ1v) is 50.8. The van der Waals surface area contributed by atoms with Gasteiger partial charge < -0.3 is 159 Å². The SMILES string of the molecule is C=CCC1/C=C(\C)CC(C)CCC(OC)C2OC(O)(C(=O)C(=O)N3CCCCC3C(=O)COC(/C(C)=C/C3CCC(O)C(OC)C3)C(C)C(O)CC1=O)C(C)CC2OC.CCCCCOc1ccc(-c2cc(-c3ccc(C(=O)NC4CC(O)C(O)NC(=O)C5C(O)C(C)CN5C(=O)C(C(O)CC(N)=O)NC(=O)C(C(O)C(O)c5ccc(O)c(O[S-](=O)=O)c5)NC(=O)C5CC(O)CN5C(=O)C(C(C)O)NC4=O)cc3)no2)cc1.O.[Na+]. The summed E-state index contributed by atoms with van der Waals surface area (Å²) in [6.45, 7) is 16.8. The number of hydrogen-bond donors (Lipinski definition) is 18. The first kappa shape index (κ1) is 124. The van der Waals surface area contributed by atoms with E-state index < -0.39 is 289 Å². The number of methoxy groups -OCH3 is 3. The third kappa shape index (κ3) is 32.1. The van der Waals surface area contributed by atoms with Gasteiger partial charge >= 0.3 is 29.6 Å². The molecule has 1 aliphatic carbocycles. The first-order chi connectivity index (χ1) is 69.6. The van der Waals surface area contributed by atoms with Crippen LogP contribution < -0.4 is 70.8 Å². The predicted octanol–water partition coefficient (Wildman–Crippen LogP) is -2.23. The number of carbonyl (C=O) groups is 12. The fourth-order valence-corrected chi connectivity index (χ4v) is 20.4. The van der Waals surface area contributed by atoms with E-state index in [1.807, 2.05) is 25.2 Å². The molecule has 29 unspecified atom stereocenters. The van der Waals surface area contributed by atoms with Crippen LogP contribution in [-0.2, 0) is 95.8 Å². The number of nitrogens with two attached hydrogens (primary N) is 1. The molecule has 6 aliphatic heterocycles. The molecular weight excluding hydrogens is 1980 g/mol. The Hall–Kier alpha value is -10.00. The van der Waals surface area contributed by atoms with Crippen LogP contribution in [0.3, 0.4) is 0 Å². The van der Waals surface area contributed by atoms with E-state index in [2.05, 4.69) is 57.1 Å². The number of aromatic hydroxyl groups is 1.